The van der Waals surface area contributed by atoms with Gasteiger partial charge >= 0.3 is 0 Å². The normalized spacial score (nSPS) is 20.2. The molecule has 136 valence electrons. The summed E-state index contributed by atoms with van der Waals surface area (Å²) in [5.41, 5.74) is 1.33. The van der Waals surface area contributed by atoms with Crippen LogP contribution in [0.5, 0.6) is 0 Å². The zero-order valence-electron chi connectivity index (χ0n) is 14.8. The van der Waals surface area contributed by atoms with Crippen molar-refractivity contribution in [3.63, 3.8) is 0 Å². The van der Waals surface area contributed by atoms with E-state index in [0.717, 1.165) is 44.8 Å². The molecule has 0 aliphatic carbocycles. The summed E-state index contributed by atoms with van der Waals surface area (Å²) in [4.78, 5) is 29.3. The standard InChI is InChI=1S/C19H23N5O2/c25-18(17-13-20-7-8-22-17)24-9-4-19(5-10-24)15-23(11-12-26-19)14-16-3-1-2-6-21-16/h1-3,6-8,13H,4-5,9-12,14-15H2. The predicted octanol–water partition coefficient (Wildman–Crippen LogP) is 1.38. The van der Waals surface area contributed by atoms with Crippen LogP contribution in [0.15, 0.2) is 43.0 Å². The molecule has 7 nitrogen and oxygen atoms in total. The van der Waals surface area contributed by atoms with Crippen LogP contribution in [0.3, 0.4) is 0 Å². The summed E-state index contributed by atoms with van der Waals surface area (Å²) in [7, 11) is 0. The van der Waals surface area contributed by atoms with E-state index >= 15 is 0 Å². The first-order chi connectivity index (χ1) is 12.7. The average Bonchev–Trinajstić information content (AvgIpc) is 2.70. The van der Waals surface area contributed by atoms with E-state index < -0.39 is 0 Å². The third-order valence-corrected chi connectivity index (χ3v) is 5.18. The molecule has 4 rings (SSSR count). The molecule has 0 atom stereocenters. The Bertz CT molecular complexity index is 732. The smallest absolute Gasteiger partial charge is 0.274 e. The second-order valence-electron chi connectivity index (χ2n) is 6.95. The van der Waals surface area contributed by atoms with Gasteiger partial charge in [0, 0.05) is 51.3 Å². The number of likely N-dealkylation sites (tertiary alicyclic amines) is 1. The van der Waals surface area contributed by atoms with E-state index in [1.165, 1.54) is 6.20 Å². The molecule has 1 amide bonds. The van der Waals surface area contributed by atoms with E-state index in [1.807, 2.05) is 23.2 Å². The predicted molar refractivity (Wildman–Crippen MR) is 95.4 cm³/mol. The van der Waals surface area contributed by atoms with Crippen molar-refractivity contribution in [1.82, 2.24) is 24.8 Å². The van der Waals surface area contributed by atoms with Crippen molar-refractivity contribution in [3.05, 3.63) is 54.4 Å². The summed E-state index contributed by atoms with van der Waals surface area (Å²) >= 11 is 0. The van der Waals surface area contributed by atoms with E-state index in [1.54, 1.807) is 12.4 Å². The maximum atomic E-state index is 12.5. The summed E-state index contributed by atoms with van der Waals surface area (Å²) in [6, 6.07) is 6.02. The van der Waals surface area contributed by atoms with Crippen LogP contribution in [0.4, 0.5) is 0 Å². The quantitative estimate of drug-likeness (QED) is 0.830. The van der Waals surface area contributed by atoms with Gasteiger partial charge < -0.3 is 9.64 Å². The topological polar surface area (TPSA) is 71.5 Å². The number of hydrogen-bond acceptors (Lipinski definition) is 6. The van der Waals surface area contributed by atoms with Gasteiger partial charge in [-0.2, -0.15) is 0 Å². The third kappa shape index (κ3) is 3.73. The molecule has 0 bridgehead atoms. The highest BCUT2D eigenvalue weighted by molar-refractivity contribution is 5.92. The van der Waals surface area contributed by atoms with Crippen LogP contribution < -0.4 is 0 Å². The Morgan fingerprint density at radius 3 is 2.73 bits per heavy atom. The molecule has 2 aromatic heterocycles. The molecule has 2 saturated heterocycles. The molecule has 2 fully saturated rings. The zero-order valence-corrected chi connectivity index (χ0v) is 14.8. The monoisotopic (exact) mass is 353 g/mol. The fourth-order valence-electron chi connectivity index (χ4n) is 3.77. The molecule has 1 spiro atoms. The van der Waals surface area contributed by atoms with Crippen LogP contribution in [-0.2, 0) is 11.3 Å². The highest BCUT2D eigenvalue weighted by Gasteiger charge is 2.40. The van der Waals surface area contributed by atoms with Crippen LogP contribution in [0.25, 0.3) is 0 Å². The molecule has 0 aromatic carbocycles. The van der Waals surface area contributed by atoms with Crippen LogP contribution >= 0.6 is 0 Å². The van der Waals surface area contributed by atoms with Gasteiger partial charge in [-0.05, 0) is 25.0 Å². The molecule has 7 heteroatoms. The SMILES string of the molecule is O=C(c1cnccn1)N1CCC2(CC1)CN(Cc1ccccn1)CCO2. The Hall–Kier alpha value is -2.38. The number of rotatable bonds is 3. The number of pyridine rings is 1. The van der Waals surface area contributed by atoms with Crippen molar-refractivity contribution in [1.29, 1.82) is 0 Å². The Morgan fingerprint density at radius 1 is 1.12 bits per heavy atom. The van der Waals surface area contributed by atoms with Crippen LogP contribution in [-0.4, -0.2) is 69.0 Å². The van der Waals surface area contributed by atoms with Gasteiger partial charge in [-0.15, -0.1) is 0 Å². The van der Waals surface area contributed by atoms with Gasteiger partial charge in [0.1, 0.15) is 5.69 Å². The van der Waals surface area contributed by atoms with E-state index in [-0.39, 0.29) is 11.5 Å². The minimum atomic E-state index is -0.161. The molecule has 4 heterocycles. The molecule has 2 aliphatic heterocycles. The lowest BCUT2D eigenvalue weighted by atomic mass is 9.89. The van der Waals surface area contributed by atoms with E-state index in [2.05, 4.69) is 25.9 Å². The Labute approximate surface area is 153 Å². The number of ether oxygens (including phenoxy) is 1. The number of carbonyl (C=O) groups is 1. The maximum absolute atomic E-state index is 12.5. The average molecular weight is 353 g/mol. The first-order valence-electron chi connectivity index (χ1n) is 9.06. The van der Waals surface area contributed by atoms with Crippen molar-refractivity contribution in [2.75, 3.05) is 32.8 Å². The summed E-state index contributed by atoms with van der Waals surface area (Å²) in [5, 5.41) is 0. The first kappa shape index (κ1) is 17.1. The van der Waals surface area contributed by atoms with E-state index in [4.69, 9.17) is 4.74 Å². The molecule has 2 aromatic rings. The van der Waals surface area contributed by atoms with Crippen molar-refractivity contribution in [2.45, 2.75) is 25.0 Å². The summed E-state index contributed by atoms with van der Waals surface area (Å²) in [6.45, 7) is 4.75. The maximum Gasteiger partial charge on any atom is 0.274 e. The van der Waals surface area contributed by atoms with Gasteiger partial charge in [-0.3, -0.25) is 19.7 Å². The number of piperidine rings is 1. The number of nitrogens with zero attached hydrogens (tertiary/aromatic N) is 5. The minimum absolute atomic E-state index is 0.0471. The lowest BCUT2D eigenvalue weighted by Crippen LogP contribution is -2.57. The Morgan fingerprint density at radius 2 is 2.00 bits per heavy atom. The molecular formula is C19H23N5O2. The summed E-state index contributed by atoms with van der Waals surface area (Å²) in [5.74, 6) is -0.0471. The van der Waals surface area contributed by atoms with Gasteiger partial charge in [-0.1, -0.05) is 6.07 Å². The molecule has 0 unspecified atom stereocenters. The van der Waals surface area contributed by atoms with Gasteiger partial charge in [0.2, 0.25) is 0 Å². The number of hydrogen-bond donors (Lipinski definition) is 0. The van der Waals surface area contributed by atoms with Gasteiger partial charge in [0.25, 0.3) is 5.91 Å². The molecular weight excluding hydrogens is 330 g/mol. The second kappa shape index (κ2) is 7.47. The Kier molecular flexibility index (Phi) is 4.90. The van der Waals surface area contributed by atoms with Crippen molar-refractivity contribution in [2.24, 2.45) is 0 Å². The van der Waals surface area contributed by atoms with Crippen LogP contribution in [0, 0.1) is 0 Å². The van der Waals surface area contributed by atoms with Crippen molar-refractivity contribution >= 4 is 5.91 Å². The molecule has 0 saturated carbocycles. The molecule has 0 radical (unpaired) electrons. The number of morpholine rings is 1. The van der Waals surface area contributed by atoms with Crippen molar-refractivity contribution < 1.29 is 9.53 Å². The molecule has 0 N–H and O–H groups in total. The molecule has 2 aliphatic rings. The Balaban J connectivity index is 1.36. The van der Waals surface area contributed by atoms with Gasteiger partial charge in [0.15, 0.2) is 0 Å². The summed E-state index contributed by atoms with van der Waals surface area (Å²) in [6.07, 6.45) is 8.18. The number of aromatic nitrogens is 3. The lowest BCUT2D eigenvalue weighted by Gasteiger charge is -2.47. The van der Waals surface area contributed by atoms with Gasteiger partial charge in [-0.25, -0.2) is 4.98 Å². The fourth-order valence-corrected chi connectivity index (χ4v) is 3.77. The minimum Gasteiger partial charge on any atom is -0.372 e. The largest absolute Gasteiger partial charge is 0.372 e. The van der Waals surface area contributed by atoms with E-state index in [9.17, 15) is 4.79 Å². The number of amides is 1. The van der Waals surface area contributed by atoms with Crippen LogP contribution in [0.2, 0.25) is 0 Å². The summed E-state index contributed by atoms with van der Waals surface area (Å²) < 4.78 is 6.18. The van der Waals surface area contributed by atoms with Crippen LogP contribution in [0.1, 0.15) is 29.0 Å². The van der Waals surface area contributed by atoms with Crippen molar-refractivity contribution in [3.8, 4) is 0 Å². The first-order valence-corrected chi connectivity index (χ1v) is 9.06. The fraction of sp³-hybridized carbons (Fsp3) is 0.474. The lowest BCUT2D eigenvalue weighted by molar-refractivity contribution is -0.134. The highest BCUT2D eigenvalue weighted by atomic mass is 16.5. The highest BCUT2D eigenvalue weighted by Crippen LogP contribution is 2.31. The third-order valence-electron chi connectivity index (χ3n) is 5.18. The van der Waals surface area contributed by atoms with E-state index in [0.29, 0.717) is 18.8 Å². The zero-order chi connectivity index (χ0) is 17.8. The van der Waals surface area contributed by atoms with Gasteiger partial charge in [0.05, 0.1) is 24.1 Å². The second-order valence-corrected chi connectivity index (χ2v) is 6.95. The molecule has 26 heavy (non-hydrogen) atoms. The number of carbonyl (C=O) groups excluding carboxylic acids is 1.